The number of carbonyl (C=O) groups is 1. The summed E-state index contributed by atoms with van der Waals surface area (Å²) in [6.07, 6.45) is 9.90. The first-order valence-electron chi connectivity index (χ1n) is 7.59. The molecule has 0 aromatic heterocycles. The largest absolute Gasteiger partial charge is 0.391 e. The van der Waals surface area contributed by atoms with Crippen LogP contribution in [0, 0.1) is 5.92 Å². The van der Waals surface area contributed by atoms with E-state index in [4.69, 9.17) is 0 Å². The van der Waals surface area contributed by atoms with Gasteiger partial charge in [0.2, 0.25) is 0 Å². The molecule has 0 spiro atoms. The highest BCUT2D eigenvalue weighted by Crippen LogP contribution is 2.26. The van der Waals surface area contributed by atoms with Crippen molar-refractivity contribution in [3.63, 3.8) is 0 Å². The molecule has 0 heterocycles. The zero-order chi connectivity index (χ0) is 13.0. The Morgan fingerprint density at radius 1 is 1.06 bits per heavy atom. The van der Waals surface area contributed by atoms with E-state index in [0.717, 1.165) is 32.1 Å². The Kier molecular flexibility index (Phi) is 5.19. The average molecular weight is 253 g/mol. The molecule has 2 aliphatic rings. The molecule has 2 unspecified atom stereocenters. The van der Waals surface area contributed by atoms with E-state index in [2.05, 4.69) is 4.90 Å². The Morgan fingerprint density at radius 3 is 2.33 bits per heavy atom. The minimum atomic E-state index is -0.233. The Labute approximate surface area is 111 Å². The molecule has 3 nitrogen and oxygen atoms in total. The van der Waals surface area contributed by atoms with E-state index in [0.29, 0.717) is 18.2 Å². The number of hydrogen-bond donors (Lipinski definition) is 1. The van der Waals surface area contributed by atoms with Gasteiger partial charge in [0, 0.05) is 12.0 Å². The predicted octanol–water partition coefficient (Wildman–Crippen LogP) is 2.37. The van der Waals surface area contributed by atoms with Crippen molar-refractivity contribution in [3.8, 4) is 0 Å². The molecule has 0 bridgehead atoms. The van der Waals surface area contributed by atoms with Gasteiger partial charge in [-0.05, 0) is 32.7 Å². The molecule has 0 saturated heterocycles. The summed E-state index contributed by atoms with van der Waals surface area (Å²) >= 11 is 0. The summed E-state index contributed by atoms with van der Waals surface area (Å²) in [4.78, 5) is 14.3. The lowest BCUT2D eigenvalue weighted by molar-refractivity contribution is -0.125. The third-order valence-electron chi connectivity index (χ3n) is 4.73. The first kappa shape index (κ1) is 14.0. The lowest BCUT2D eigenvalue weighted by Gasteiger charge is -2.35. The number of likely N-dealkylation sites (N-methyl/N-ethyl adjacent to an activating group) is 1. The Hall–Kier alpha value is -0.410. The van der Waals surface area contributed by atoms with Crippen molar-refractivity contribution in [1.29, 1.82) is 0 Å². The SMILES string of the molecule is CN(CC(=O)C1CCCCC1)C1CCCCC1O. The second-order valence-electron chi connectivity index (χ2n) is 6.14. The summed E-state index contributed by atoms with van der Waals surface area (Å²) in [5.74, 6) is 0.692. The zero-order valence-electron chi connectivity index (χ0n) is 11.6. The van der Waals surface area contributed by atoms with Crippen LogP contribution in [0.15, 0.2) is 0 Å². The van der Waals surface area contributed by atoms with Gasteiger partial charge in [0.1, 0.15) is 5.78 Å². The van der Waals surface area contributed by atoms with Gasteiger partial charge >= 0.3 is 0 Å². The van der Waals surface area contributed by atoms with Crippen molar-refractivity contribution < 1.29 is 9.90 Å². The summed E-state index contributed by atoms with van der Waals surface area (Å²) in [6, 6.07) is 0.200. The van der Waals surface area contributed by atoms with Gasteiger partial charge in [0.15, 0.2) is 0 Å². The molecule has 18 heavy (non-hydrogen) atoms. The van der Waals surface area contributed by atoms with Gasteiger partial charge in [-0.3, -0.25) is 9.69 Å². The maximum absolute atomic E-state index is 12.2. The van der Waals surface area contributed by atoms with Crippen LogP contribution >= 0.6 is 0 Å². The number of nitrogens with zero attached hydrogens (tertiary/aromatic N) is 1. The summed E-state index contributed by atoms with van der Waals surface area (Å²) < 4.78 is 0. The standard InChI is InChI=1S/C15H27NO2/c1-16(13-9-5-6-10-14(13)17)11-15(18)12-7-3-2-4-8-12/h12-14,17H,2-11H2,1H3. The third kappa shape index (κ3) is 3.55. The number of aliphatic hydroxyl groups is 1. The molecule has 0 amide bonds. The molecule has 0 radical (unpaired) electrons. The van der Waals surface area contributed by atoms with E-state index in [-0.39, 0.29) is 12.1 Å². The first-order valence-corrected chi connectivity index (χ1v) is 7.59. The molecule has 2 aliphatic carbocycles. The Morgan fingerprint density at radius 2 is 1.67 bits per heavy atom. The van der Waals surface area contributed by atoms with Crippen LogP contribution in [-0.4, -0.2) is 41.5 Å². The van der Waals surface area contributed by atoms with E-state index >= 15 is 0 Å². The van der Waals surface area contributed by atoms with Gasteiger partial charge < -0.3 is 5.11 Å². The highest BCUT2D eigenvalue weighted by atomic mass is 16.3. The number of hydrogen-bond acceptors (Lipinski definition) is 3. The Bertz CT molecular complexity index is 274. The predicted molar refractivity (Wildman–Crippen MR) is 72.5 cm³/mol. The van der Waals surface area contributed by atoms with Crippen LogP contribution < -0.4 is 0 Å². The lowest BCUT2D eigenvalue weighted by atomic mass is 9.85. The fraction of sp³-hybridized carbons (Fsp3) is 0.933. The molecular weight excluding hydrogens is 226 g/mol. The van der Waals surface area contributed by atoms with Crippen molar-refractivity contribution >= 4 is 5.78 Å². The molecule has 0 aromatic rings. The maximum atomic E-state index is 12.2. The number of aliphatic hydroxyl groups excluding tert-OH is 1. The van der Waals surface area contributed by atoms with E-state index in [1.54, 1.807) is 0 Å². The minimum Gasteiger partial charge on any atom is -0.391 e. The van der Waals surface area contributed by atoms with Crippen LogP contribution in [-0.2, 0) is 4.79 Å². The van der Waals surface area contributed by atoms with Crippen LogP contribution in [0.5, 0.6) is 0 Å². The van der Waals surface area contributed by atoms with Crippen LogP contribution in [0.4, 0.5) is 0 Å². The molecule has 2 rings (SSSR count). The topological polar surface area (TPSA) is 40.5 Å². The monoisotopic (exact) mass is 253 g/mol. The molecular formula is C15H27NO2. The molecule has 1 N–H and O–H groups in total. The number of ketones is 1. The highest BCUT2D eigenvalue weighted by Gasteiger charge is 2.29. The quantitative estimate of drug-likeness (QED) is 0.836. The average Bonchev–Trinajstić information content (AvgIpc) is 2.40. The smallest absolute Gasteiger partial charge is 0.149 e. The third-order valence-corrected chi connectivity index (χ3v) is 4.73. The van der Waals surface area contributed by atoms with Crippen molar-refractivity contribution in [3.05, 3.63) is 0 Å². The normalized spacial score (nSPS) is 30.6. The first-order chi connectivity index (χ1) is 8.68. The van der Waals surface area contributed by atoms with Gasteiger partial charge in [0.25, 0.3) is 0 Å². The van der Waals surface area contributed by atoms with E-state index in [1.165, 1.54) is 25.7 Å². The summed E-state index contributed by atoms with van der Waals surface area (Å²) in [6.45, 7) is 0.534. The van der Waals surface area contributed by atoms with Gasteiger partial charge in [-0.1, -0.05) is 32.1 Å². The number of Topliss-reactive ketones (excluding diaryl/α,β-unsaturated/α-hetero) is 1. The van der Waals surface area contributed by atoms with E-state index in [9.17, 15) is 9.90 Å². The number of carbonyl (C=O) groups excluding carboxylic acids is 1. The fourth-order valence-corrected chi connectivity index (χ4v) is 3.52. The molecule has 3 heteroatoms. The van der Waals surface area contributed by atoms with Gasteiger partial charge in [-0.25, -0.2) is 0 Å². The van der Waals surface area contributed by atoms with Crippen molar-refractivity contribution in [2.24, 2.45) is 5.92 Å². The van der Waals surface area contributed by atoms with E-state index < -0.39 is 0 Å². The van der Waals surface area contributed by atoms with Gasteiger partial charge in [-0.15, -0.1) is 0 Å². The van der Waals surface area contributed by atoms with Crippen molar-refractivity contribution in [2.75, 3.05) is 13.6 Å². The van der Waals surface area contributed by atoms with Crippen LogP contribution in [0.3, 0.4) is 0 Å². The minimum absolute atomic E-state index is 0.200. The molecule has 0 aliphatic heterocycles. The second kappa shape index (κ2) is 6.67. The van der Waals surface area contributed by atoms with Crippen LogP contribution in [0.2, 0.25) is 0 Å². The van der Waals surface area contributed by atoms with Gasteiger partial charge in [-0.2, -0.15) is 0 Å². The van der Waals surface area contributed by atoms with Crippen LogP contribution in [0.1, 0.15) is 57.8 Å². The molecule has 2 fully saturated rings. The van der Waals surface area contributed by atoms with Crippen molar-refractivity contribution in [1.82, 2.24) is 4.90 Å². The maximum Gasteiger partial charge on any atom is 0.149 e. The summed E-state index contributed by atoms with van der Waals surface area (Å²) in [7, 11) is 2.00. The number of rotatable bonds is 4. The molecule has 0 aromatic carbocycles. The lowest BCUT2D eigenvalue weighted by Crippen LogP contribution is -2.46. The molecule has 2 saturated carbocycles. The molecule has 104 valence electrons. The van der Waals surface area contributed by atoms with Gasteiger partial charge in [0.05, 0.1) is 12.6 Å². The molecule has 2 atom stereocenters. The zero-order valence-corrected chi connectivity index (χ0v) is 11.6. The van der Waals surface area contributed by atoms with E-state index in [1.807, 2.05) is 7.05 Å². The van der Waals surface area contributed by atoms with Crippen LogP contribution in [0.25, 0.3) is 0 Å². The Balaban J connectivity index is 1.81. The second-order valence-corrected chi connectivity index (χ2v) is 6.14. The highest BCUT2D eigenvalue weighted by molar-refractivity contribution is 5.83. The van der Waals surface area contributed by atoms with Crippen molar-refractivity contribution in [2.45, 2.75) is 69.9 Å². The summed E-state index contributed by atoms with van der Waals surface area (Å²) in [5, 5.41) is 10.0. The summed E-state index contributed by atoms with van der Waals surface area (Å²) in [5.41, 5.74) is 0. The fourth-order valence-electron chi connectivity index (χ4n) is 3.52.